The molecular weight excluding hydrogens is 130 g/mol. The zero-order valence-corrected chi connectivity index (χ0v) is 5.10. The van der Waals surface area contributed by atoms with Crippen LogP contribution in [0.5, 0.6) is 0 Å². The molecule has 0 aromatic carbocycles. The molecule has 0 aliphatic carbocycles. The summed E-state index contributed by atoms with van der Waals surface area (Å²) >= 11 is -2.96. The molecule has 4 nitrogen and oxygen atoms in total. The Balaban J connectivity index is 2.33. The van der Waals surface area contributed by atoms with Crippen LogP contribution in [0.1, 0.15) is 6.42 Å². The highest BCUT2D eigenvalue weighted by atomic mass is 32.3. The van der Waals surface area contributed by atoms with Gasteiger partial charge in [0, 0.05) is 6.54 Å². The lowest BCUT2D eigenvalue weighted by atomic mass is 10.5. The molecule has 2 N–H and O–H groups in total. The molecule has 0 bridgehead atoms. The molecule has 0 atom stereocenters. The molecule has 1 heterocycles. The minimum absolute atomic E-state index is 0.409. The summed E-state index contributed by atoms with van der Waals surface area (Å²) in [7, 11) is 0. The molecule has 1 aliphatic heterocycles. The fourth-order valence-electron chi connectivity index (χ4n) is 0.456. The average Bonchev–Trinajstić information content (AvgIpc) is 1.65. The van der Waals surface area contributed by atoms with Crippen molar-refractivity contribution in [3.8, 4) is 0 Å². The van der Waals surface area contributed by atoms with E-state index < -0.39 is 11.1 Å². The maximum atomic E-state index is 8.62. The first-order valence-corrected chi connectivity index (χ1v) is 3.75. The molecule has 0 amide bonds. The van der Waals surface area contributed by atoms with E-state index in [-0.39, 0.29) is 0 Å². The van der Waals surface area contributed by atoms with E-state index >= 15 is 0 Å². The molecular formula is C3H8NO3S. The van der Waals surface area contributed by atoms with Gasteiger partial charge in [-0.2, -0.15) is 0 Å². The summed E-state index contributed by atoms with van der Waals surface area (Å²) in [5.74, 6) is 0. The van der Waals surface area contributed by atoms with Gasteiger partial charge in [-0.15, -0.1) is 4.72 Å². The molecule has 0 aromatic heterocycles. The van der Waals surface area contributed by atoms with E-state index in [9.17, 15) is 0 Å². The van der Waals surface area contributed by atoms with Crippen LogP contribution in [0.25, 0.3) is 0 Å². The van der Waals surface area contributed by atoms with Crippen molar-refractivity contribution in [1.29, 1.82) is 0 Å². The van der Waals surface area contributed by atoms with E-state index in [2.05, 4.69) is 8.91 Å². The summed E-state index contributed by atoms with van der Waals surface area (Å²) in [6.45, 7) is 0.911. The topological polar surface area (TPSA) is 63.8 Å². The fourth-order valence-corrected chi connectivity index (χ4v) is 1.24. The highest BCUT2D eigenvalue weighted by Gasteiger charge is 2.21. The fraction of sp³-hybridized carbons (Fsp3) is 1.00. The Morgan fingerprint density at radius 2 is 2.25 bits per heavy atom. The largest absolute Gasteiger partial charge is 0.295 e. The molecule has 0 unspecified atom stereocenters. The minimum Gasteiger partial charge on any atom is -0.295 e. The van der Waals surface area contributed by atoms with Crippen molar-refractivity contribution in [3.05, 3.63) is 0 Å². The standard InChI is InChI=1S/C3H8NO3S/c5-8(6)4-2-1-3-7-8/h5-6H,1-3H2. The molecule has 1 radical (unpaired) electrons. The smallest absolute Gasteiger partial charge is 0.172 e. The van der Waals surface area contributed by atoms with Crippen molar-refractivity contribution in [3.63, 3.8) is 0 Å². The van der Waals surface area contributed by atoms with Gasteiger partial charge in [-0.1, -0.05) is 0 Å². The summed E-state index contributed by atoms with van der Waals surface area (Å²) in [5.41, 5.74) is 0. The first-order chi connectivity index (χ1) is 3.71. The normalized spacial score (nSPS) is 31.8. The van der Waals surface area contributed by atoms with E-state index in [0.29, 0.717) is 13.2 Å². The van der Waals surface area contributed by atoms with Crippen molar-refractivity contribution in [2.45, 2.75) is 6.42 Å². The van der Waals surface area contributed by atoms with Crippen molar-refractivity contribution >= 4 is 11.1 Å². The molecule has 8 heavy (non-hydrogen) atoms. The second-order valence-electron chi connectivity index (χ2n) is 1.50. The molecule has 1 aliphatic rings. The first kappa shape index (κ1) is 6.31. The average molecular weight is 138 g/mol. The van der Waals surface area contributed by atoms with E-state index in [1.165, 1.54) is 0 Å². The monoisotopic (exact) mass is 138 g/mol. The van der Waals surface area contributed by atoms with Crippen LogP contribution < -0.4 is 4.72 Å². The second-order valence-corrected chi connectivity index (χ2v) is 2.93. The summed E-state index contributed by atoms with van der Waals surface area (Å²) in [6, 6.07) is 0. The van der Waals surface area contributed by atoms with Gasteiger partial charge in [0.2, 0.25) is 0 Å². The third kappa shape index (κ3) is 1.61. The zero-order chi connectivity index (χ0) is 6.04. The molecule has 1 saturated heterocycles. The van der Waals surface area contributed by atoms with Gasteiger partial charge >= 0.3 is 0 Å². The highest BCUT2D eigenvalue weighted by molar-refractivity contribution is 8.18. The molecule has 49 valence electrons. The maximum Gasteiger partial charge on any atom is 0.172 e. The van der Waals surface area contributed by atoms with E-state index in [4.69, 9.17) is 9.11 Å². The quantitative estimate of drug-likeness (QED) is 0.515. The third-order valence-corrected chi connectivity index (χ3v) is 1.81. The van der Waals surface area contributed by atoms with Gasteiger partial charge in [0.15, 0.2) is 11.1 Å². The Morgan fingerprint density at radius 1 is 1.50 bits per heavy atom. The molecule has 5 heteroatoms. The Hall–Kier alpha value is 0.190. The van der Waals surface area contributed by atoms with Gasteiger partial charge in [0.25, 0.3) is 0 Å². The molecule has 1 rings (SSSR count). The first-order valence-electron chi connectivity index (χ1n) is 2.32. The van der Waals surface area contributed by atoms with Crippen LogP contribution in [0.2, 0.25) is 0 Å². The summed E-state index contributed by atoms with van der Waals surface area (Å²) in [6.07, 6.45) is 0.788. The lowest BCUT2D eigenvalue weighted by Gasteiger charge is -2.28. The molecule has 0 saturated carbocycles. The number of nitrogens with zero attached hydrogens (tertiary/aromatic N) is 1. The number of hydrogen-bond acceptors (Lipinski definition) is 3. The summed E-state index contributed by atoms with van der Waals surface area (Å²) < 4.78 is 25.2. The van der Waals surface area contributed by atoms with Crippen LogP contribution in [-0.4, -0.2) is 22.3 Å². The Bertz CT molecular complexity index is 78.6. The predicted octanol–water partition coefficient (Wildman–Crippen LogP) is 0.592. The van der Waals surface area contributed by atoms with Gasteiger partial charge in [0.1, 0.15) is 0 Å². The summed E-state index contributed by atoms with van der Waals surface area (Å²) in [5, 5.41) is 0. The molecule has 0 aromatic rings. The third-order valence-electron chi connectivity index (χ3n) is 0.803. The summed E-state index contributed by atoms with van der Waals surface area (Å²) in [4.78, 5) is 0. The second kappa shape index (κ2) is 2.20. The minimum atomic E-state index is -2.96. The lowest BCUT2D eigenvalue weighted by molar-refractivity contribution is 0.228. The SMILES string of the molecule is OS1(O)[N]CCCO1. The van der Waals surface area contributed by atoms with Crippen LogP contribution in [0.4, 0.5) is 0 Å². The van der Waals surface area contributed by atoms with Gasteiger partial charge in [0.05, 0.1) is 6.61 Å². The molecule has 1 fully saturated rings. The predicted molar refractivity (Wildman–Crippen MR) is 30.4 cm³/mol. The van der Waals surface area contributed by atoms with Crippen LogP contribution >= 0.6 is 11.1 Å². The van der Waals surface area contributed by atoms with E-state index in [1.54, 1.807) is 0 Å². The highest BCUT2D eigenvalue weighted by Crippen LogP contribution is 2.38. The van der Waals surface area contributed by atoms with Crippen LogP contribution in [0.15, 0.2) is 0 Å². The maximum absolute atomic E-state index is 8.62. The van der Waals surface area contributed by atoms with Crippen molar-refractivity contribution < 1.29 is 13.3 Å². The van der Waals surface area contributed by atoms with Crippen molar-refractivity contribution in [2.75, 3.05) is 13.2 Å². The zero-order valence-electron chi connectivity index (χ0n) is 4.28. The van der Waals surface area contributed by atoms with Crippen LogP contribution in [0, 0.1) is 0 Å². The van der Waals surface area contributed by atoms with Crippen molar-refractivity contribution in [2.24, 2.45) is 0 Å². The Morgan fingerprint density at radius 3 is 2.50 bits per heavy atom. The van der Waals surface area contributed by atoms with Gasteiger partial charge in [-0.05, 0) is 6.42 Å². The van der Waals surface area contributed by atoms with Crippen molar-refractivity contribution in [1.82, 2.24) is 4.72 Å². The lowest BCUT2D eigenvalue weighted by Crippen LogP contribution is -2.23. The number of rotatable bonds is 0. The van der Waals surface area contributed by atoms with Crippen LogP contribution in [-0.2, 0) is 4.18 Å². The van der Waals surface area contributed by atoms with E-state index in [1.807, 2.05) is 0 Å². The number of hydrogen-bond donors (Lipinski definition) is 2. The van der Waals surface area contributed by atoms with Gasteiger partial charge in [-0.25, -0.2) is 0 Å². The van der Waals surface area contributed by atoms with Gasteiger partial charge in [-0.3, -0.25) is 13.3 Å². The van der Waals surface area contributed by atoms with E-state index in [0.717, 1.165) is 6.42 Å². The molecule has 0 spiro atoms. The Labute approximate surface area is 49.5 Å². The van der Waals surface area contributed by atoms with Crippen LogP contribution in [0.3, 0.4) is 0 Å². The Kier molecular flexibility index (Phi) is 1.74. The van der Waals surface area contributed by atoms with Gasteiger partial charge < -0.3 is 0 Å².